The third-order valence-electron chi connectivity index (χ3n) is 2.56. The average Bonchev–Trinajstić information content (AvgIpc) is 2.58. The van der Waals surface area contributed by atoms with Crippen LogP contribution in [0.5, 0.6) is 0 Å². The van der Waals surface area contributed by atoms with Gasteiger partial charge >= 0.3 is 5.76 Å². The number of H-pyrrole nitrogens is 1. The summed E-state index contributed by atoms with van der Waals surface area (Å²) in [7, 11) is 0. The molecular weight excluding hydrogens is 204 g/mol. The van der Waals surface area contributed by atoms with Crippen molar-refractivity contribution in [1.82, 2.24) is 10.2 Å². The van der Waals surface area contributed by atoms with E-state index in [1.54, 1.807) is 0 Å². The molecule has 0 bridgehead atoms. The summed E-state index contributed by atoms with van der Waals surface area (Å²) in [5.41, 5.74) is 1.24. The molecule has 0 saturated heterocycles. The van der Waals surface area contributed by atoms with Gasteiger partial charge in [0.1, 0.15) is 0 Å². The first-order valence-electron chi connectivity index (χ1n) is 5.76. The van der Waals surface area contributed by atoms with E-state index in [4.69, 9.17) is 4.42 Å². The van der Waals surface area contributed by atoms with Crippen molar-refractivity contribution in [1.29, 1.82) is 0 Å². The van der Waals surface area contributed by atoms with Crippen LogP contribution in [0.1, 0.15) is 45.4 Å². The van der Waals surface area contributed by atoms with Crippen molar-refractivity contribution in [3.63, 3.8) is 0 Å². The van der Waals surface area contributed by atoms with E-state index in [1.807, 2.05) is 0 Å². The van der Waals surface area contributed by atoms with Gasteiger partial charge in [-0.2, -0.15) is 0 Å². The van der Waals surface area contributed by atoms with E-state index in [9.17, 15) is 4.79 Å². The highest BCUT2D eigenvalue weighted by Gasteiger charge is 2.08. The molecule has 1 rings (SSSR count). The SMILES string of the molecule is C=C(C)CCCCC(C)Cc1n[nH]c(=O)o1. The van der Waals surface area contributed by atoms with E-state index in [1.165, 1.54) is 18.4 Å². The molecular formula is C12H20N2O2. The van der Waals surface area contributed by atoms with Crippen LogP contribution in [0.15, 0.2) is 21.4 Å². The number of allylic oxidation sites excluding steroid dienone is 1. The molecule has 1 N–H and O–H groups in total. The Labute approximate surface area is 95.8 Å². The van der Waals surface area contributed by atoms with Gasteiger partial charge in [-0.05, 0) is 25.7 Å². The number of aromatic amines is 1. The van der Waals surface area contributed by atoms with Gasteiger partial charge in [0.2, 0.25) is 5.89 Å². The molecule has 1 aromatic rings. The lowest BCUT2D eigenvalue weighted by Crippen LogP contribution is -2.00. The summed E-state index contributed by atoms with van der Waals surface area (Å²) in [5.74, 6) is 0.540. The number of aromatic nitrogens is 2. The third kappa shape index (κ3) is 4.96. The van der Waals surface area contributed by atoms with Crippen LogP contribution in [0.4, 0.5) is 0 Å². The topological polar surface area (TPSA) is 58.9 Å². The third-order valence-corrected chi connectivity index (χ3v) is 2.56. The lowest BCUT2D eigenvalue weighted by molar-refractivity contribution is 0.404. The molecule has 0 spiro atoms. The Bertz CT molecular complexity index is 378. The second-order valence-corrected chi connectivity index (χ2v) is 4.52. The molecule has 0 fully saturated rings. The maximum atomic E-state index is 10.7. The number of unbranched alkanes of at least 4 members (excludes halogenated alkanes) is 1. The second kappa shape index (κ2) is 6.30. The highest BCUT2D eigenvalue weighted by Crippen LogP contribution is 2.14. The zero-order chi connectivity index (χ0) is 12.0. The molecule has 1 aromatic heterocycles. The zero-order valence-corrected chi connectivity index (χ0v) is 10.1. The number of hydrogen-bond donors (Lipinski definition) is 1. The van der Waals surface area contributed by atoms with E-state index in [2.05, 4.69) is 30.6 Å². The van der Waals surface area contributed by atoms with Crippen molar-refractivity contribution < 1.29 is 4.42 Å². The first kappa shape index (κ1) is 12.7. The fourth-order valence-electron chi connectivity index (χ4n) is 1.67. The minimum atomic E-state index is -0.468. The summed E-state index contributed by atoms with van der Waals surface area (Å²) in [6.45, 7) is 8.08. The van der Waals surface area contributed by atoms with Gasteiger partial charge in [-0.25, -0.2) is 9.89 Å². The van der Waals surface area contributed by atoms with E-state index in [0.717, 1.165) is 19.3 Å². The molecule has 0 radical (unpaired) electrons. The van der Waals surface area contributed by atoms with Crippen molar-refractivity contribution in [3.8, 4) is 0 Å². The van der Waals surface area contributed by atoms with E-state index in [0.29, 0.717) is 11.8 Å². The predicted molar refractivity (Wildman–Crippen MR) is 63.3 cm³/mol. The Hall–Kier alpha value is -1.32. The first-order chi connectivity index (χ1) is 7.58. The molecule has 4 nitrogen and oxygen atoms in total. The lowest BCUT2D eigenvalue weighted by Gasteiger charge is -2.07. The Morgan fingerprint density at radius 3 is 2.88 bits per heavy atom. The maximum absolute atomic E-state index is 10.7. The summed E-state index contributed by atoms with van der Waals surface area (Å²) in [5, 5.41) is 6.07. The Balaban J connectivity index is 2.18. The fraction of sp³-hybridized carbons (Fsp3) is 0.667. The number of nitrogens with one attached hydrogen (secondary N) is 1. The average molecular weight is 224 g/mol. The molecule has 90 valence electrons. The van der Waals surface area contributed by atoms with Gasteiger partial charge in [0.25, 0.3) is 0 Å². The summed E-state index contributed by atoms with van der Waals surface area (Å²) < 4.78 is 4.86. The molecule has 0 aromatic carbocycles. The molecule has 1 heterocycles. The second-order valence-electron chi connectivity index (χ2n) is 4.52. The van der Waals surface area contributed by atoms with Crippen LogP contribution < -0.4 is 5.76 Å². The highest BCUT2D eigenvalue weighted by atomic mass is 16.4. The monoisotopic (exact) mass is 224 g/mol. The Morgan fingerprint density at radius 1 is 1.56 bits per heavy atom. The van der Waals surface area contributed by atoms with E-state index >= 15 is 0 Å². The maximum Gasteiger partial charge on any atom is 0.434 e. The van der Waals surface area contributed by atoms with Crippen LogP contribution >= 0.6 is 0 Å². The quantitative estimate of drug-likeness (QED) is 0.572. The number of nitrogens with zero attached hydrogens (tertiary/aromatic N) is 1. The largest absolute Gasteiger partial charge is 0.434 e. The normalized spacial score (nSPS) is 12.6. The zero-order valence-electron chi connectivity index (χ0n) is 10.1. The van der Waals surface area contributed by atoms with Crippen LogP contribution in [0.25, 0.3) is 0 Å². The summed E-state index contributed by atoms with van der Waals surface area (Å²) in [4.78, 5) is 10.7. The molecule has 0 saturated carbocycles. The van der Waals surface area contributed by atoms with E-state index in [-0.39, 0.29) is 0 Å². The van der Waals surface area contributed by atoms with Gasteiger partial charge in [-0.15, -0.1) is 11.7 Å². The summed E-state index contributed by atoms with van der Waals surface area (Å²) in [6.07, 6.45) is 5.33. The van der Waals surface area contributed by atoms with Crippen LogP contribution in [-0.4, -0.2) is 10.2 Å². The Kier molecular flexibility index (Phi) is 5.02. The molecule has 0 aliphatic carbocycles. The van der Waals surface area contributed by atoms with Gasteiger partial charge in [0.15, 0.2) is 0 Å². The van der Waals surface area contributed by atoms with Crippen LogP contribution in [0, 0.1) is 5.92 Å². The van der Waals surface area contributed by atoms with Gasteiger partial charge in [-0.3, -0.25) is 0 Å². The van der Waals surface area contributed by atoms with E-state index < -0.39 is 5.76 Å². The van der Waals surface area contributed by atoms with Crippen molar-refractivity contribution in [2.24, 2.45) is 5.92 Å². The van der Waals surface area contributed by atoms with Crippen molar-refractivity contribution in [2.75, 3.05) is 0 Å². The summed E-state index contributed by atoms with van der Waals surface area (Å²) >= 11 is 0. The minimum Gasteiger partial charge on any atom is -0.392 e. The molecule has 1 atom stereocenters. The first-order valence-corrected chi connectivity index (χ1v) is 5.76. The van der Waals surface area contributed by atoms with Gasteiger partial charge < -0.3 is 4.42 Å². The Morgan fingerprint density at radius 2 is 2.31 bits per heavy atom. The predicted octanol–water partition coefficient (Wildman–Crippen LogP) is 2.68. The van der Waals surface area contributed by atoms with Crippen LogP contribution in [0.3, 0.4) is 0 Å². The summed E-state index contributed by atoms with van der Waals surface area (Å²) in [6, 6.07) is 0. The smallest absolute Gasteiger partial charge is 0.392 e. The highest BCUT2D eigenvalue weighted by molar-refractivity contribution is 4.87. The minimum absolute atomic E-state index is 0.468. The molecule has 16 heavy (non-hydrogen) atoms. The molecule has 1 unspecified atom stereocenters. The molecule has 0 aliphatic heterocycles. The van der Waals surface area contributed by atoms with Crippen molar-refractivity contribution in [3.05, 3.63) is 28.6 Å². The van der Waals surface area contributed by atoms with Crippen LogP contribution in [-0.2, 0) is 6.42 Å². The lowest BCUT2D eigenvalue weighted by atomic mass is 9.99. The number of rotatable bonds is 7. The molecule has 4 heteroatoms. The van der Waals surface area contributed by atoms with Crippen molar-refractivity contribution >= 4 is 0 Å². The number of hydrogen-bond acceptors (Lipinski definition) is 3. The van der Waals surface area contributed by atoms with Crippen molar-refractivity contribution in [2.45, 2.75) is 46.0 Å². The fourth-order valence-corrected chi connectivity index (χ4v) is 1.67. The molecule has 0 amide bonds. The van der Waals surface area contributed by atoms with Gasteiger partial charge in [0, 0.05) is 6.42 Å². The van der Waals surface area contributed by atoms with Crippen LogP contribution in [0.2, 0.25) is 0 Å². The van der Waals surface area contributed by atoms with Gasteiger partial charge in [-0.1, -0.05) is 25.3 Å². The standard InChI is InChI=1S/C12H20N2O2/c1-9(2)6-4-5-7-10(3)8-11-13-14-12(15)16-11/h10H,1,4-8H2,2-3H3,(H,14,15). The van der Waals surface area contributed by atoms with Gasteiger partial charge in [0.05, 0.1) is 0 Å². The molecule has 0 aliphatic rings.